The molecule has 0 amide bonds. The highest BCUT2D eigenvalue weighted by atomic mass is 32.2. The van der Waals surface area contributed by atoms with Crippen molar-refractivity contribution < 1.29 is 8.42 Å². The summed E-state index contributed by atoms with van der Waals surface area (Å²) in [7, 11) is -1.91. The quantitative estimate of drug-likeness (QED) is 0.856. The first-order valence-electron chi connectivity index (χ1n) is 6.52. The molecule has 0 saturated heterocycles. The minimum Gasteiger partial charge on any atom is -0.387 e. The number of aromatic nitrogens is 1. The Bertz CT molecular complexity index is 695. The van der Waals surface area contributed by atoms with Crippen molar-refractivity contribution in [2.24, 2.45) is 0 Å². The zero-order valence-electron chi connectivity index (χ0n) is 12.3. The van der Waals surface area contributed by atoms with Crippen molar-refractivity contribution >= 4 is 27.0 Å². The van der Waals surface area contributed by atoms with Crippen LogP contribution in [0.5, 0.6) is 0 Å². The molecule has 21 heavy (non-hydrogen) atoms. The number of anilines is 1. The Balaban J connectivity index is 2.19. The van der Waals surface area contributed by atoms with Crippen molar-refractivity contribution in [1.82, 2.24) is 9.71 Å². The number of thiophene rings is 1. The van der Waals surface area contributed by atoms with Crippen LogP contribution in [0.15, 0.2) is 40.9 Å². The predicted octanol–water partition coefficient (Wildman–Crippen LogP) is 2.44. The molecule has 5 nitrogen and oxygen atoms in total. The summed E-state index contributed by atoms with van der Waals surface area (Å²) in [6.45, 7) is 4.36. The van der Waals surface area contributed by atoms with E-state index < -0.39 is 10.0 Å². The average molecular weight is 325 g/mol. The summed E-state index contributed by atoms with van der Waals surface area (Å²) in [5.74, 6) is 0. The summed E-state index contributed by atoms with van der Waals surface area (Å²) in [6.07, 6.45) is 2.91. The lowest BCUT2D eigenvalue weighted by Crippen LogP contribution is -2.36. The smallest absolute Gasteiger partial charge is 0.244 e. The highest BCUT2D eigenvalue weighted by Crippen LogP contribution is 2.27. The second kappa shape index (κ2) is 6.13. The fourth-order valence-electron chi connectivity index (χ4n) is 1.90. The van der Waals surface area contributed by atoms with E-state index in [2.05, 4.69) is 15.0 Å². The predicted molar refractivity (Wildman–Crippen MR) is 86.3 cm³/mol. The third-order valence-electron chi connectivity index (χ3n) is 3.24. The summed E-state index contributed by atoms with van der Waals surface area (Å²) in [5.41, 5.74) is 0.273. The van der Waals surface area contributed by atoms with Crippen LogP contribution in [0.4, 0.5) is 5.69 Å². The SMILES string of the molecule is CNc1ccncc1S(=O)(=O)NCC(C)(C)c1cccs1. The number of hydrogen-bond acceptors (Lipinski definition) is 5. The molecule has 0 bridgehead atoms. The number of hydrogen-bond donors (Lipinski definition) is 2. The van der Waals surface area contributed by atoms with Crippen LogP contribution in [-0.2, 0) is 15.4 Å². The normalized spacial score (nSPS) is 12.3. The van der Waals surface area contributed by atoms with Gasteiger partial charge in [-0.15, -0.1) is 11.3 Å². The molecular weight excluding hydrogens is 306 g/mol. The monoisotopic (exact) mass is 325 g/mol. The van der Waals surface area contributed by atoms with E-state index >= 15 is 0 Å². The zero-order chi connectivity index (χ0) is 15.5. The molecule has 0 aliphatic heterocycles. The summed E-state index contributed by atoms with van der Waals surface area (Å²) in [5, 5.41) is 4.86. The fourth-order valence-corrected chi connectivity index (χ4v) is 4.12. The second-order valence-electron chi connectivity index (χ2n) is 5.31. The maximum atomic E-state index is 12.4. The lowest BCUT2D eigenvalue weighted by molar-refractivity contribution is 0.509. The molecule has 0 aromatic carbocycles. The van der Waals surface area contributed by atoms with Gasteiger partial charge in [-0.2, -0.15) is 0 Å². The summed E-state index contributed by atoms with van der Waals surface area (Å²) in [6, 6.07) is 5.62. The third kappa shape index (κ3) is 3.61. The van der Waals surface area contributed by atoms with E-state index in [-0.39, 0.29) is 10.3 Å². The van der Waals surface area contributed by atoms with Crippen LogP contribution < -0.4 is 10.0 Å². The largest absolute Gasteiger partial charge is 0.387 e. The van der Waals surface area contributed by atoms with E-state index in [9.17, 15) is 8.42 Å². The lowest BCUT2D eigenvalue weighted by Gasteiger charge is -2.23. The van der Waals surface area contributed by atoms with Gasteiger partial charge in [-0.25, -0.2) is 13.1 Å². The molecule has 2 N–H and O–H groups in total. The van der Waals surface area contributed by atoms with E-state index in [1.807, 2.05) is 31.4 Å². The van der Waals surface area contributed by atoms with Crippen LogP contribution in [-0.4, -0.2) is 27.0 Å². The molecule has 7 heteroatoms. The first kappa shape index (κ1) is 15.9. The molecule has 114 valence electrons. The highest BCUT2D eigenvalue weighted by Gasteiger charge is 2.26. The Morgan fingerprint density at radius 2 is 2.10 bits per heavy atom. The summed E-state index contributed by atoms with van der Waals surface area (Å²) < 4.78 is 27.6. The van der Waals surface area contributed by atoms with Crippen molar-refractivity contribution in [3.8, 4) is 0 Å². The van der Waals surface area contributed by atoms with E-state index in [4.69, 9.17) is 0 Å². The minimum absolute atomic E-state index is 0.162. The van der Waals surface area contributed by atoms with Crippen molar-refractivity contribution in [3.63, 3.8) is 0 Å². The summed E-state index contributed by atoms with van der Waals surface area (Å²) in [4.78, 5) is 5.20. The molecule has 2 rings (SSSR count). The van der Waals surface area contributed by atoms with Crippen LogP contribution in [0.1, 0.15) is 18.7 Å². The van der Waals surface area contributed by atoms with Crippen molar-refractivity contribution in [2.45, 2.75) is 24.2 Å². The van der Waals surface area contributed by atoms with Gasteiger partial charge in [0.1, 0.15) is 4.90 Å². The van der Waals surface area contributed by atoms with E-state index in [1.54, 1.807) is 30.6 Å². The Hall–Kier alpha value is -1.44. The minimum atomic E-state index is -3.60. The first-order chi connectivity index (χ1) is 9.87. The number of pyridine rings is 1. The van der Waals surface area contributed by atoms with E-state index in [0.717, 1.165) is 4.88 Å². The Labute approximate surface area is 129 Å². The standard InChI is InChI=1S/C14H19N3O2S2/c1-14(2,13-5-4-8-20-13)10-17-21(18,19)12-9-16-7-6-11(12)15-3/h4-9,17H,10H2,1-3H3,(H,15,16). The van der Waals surface area contributed by atoms with Gasteiger partial charge in [0.15, 0.2) is 0 Å². The van der Waals surface area contributed by atoms with Gasteiger partial charge >= 0.3 is 0 Å². The molecule has 2 aromatic heterocycles. The van der Waals surface area contributed by atoms with Crippen molar-refractivity contribution in [1.29, 1.82) is 0 Å². The van der Waals surface area contributed by atoms with Crippen molar-refractivity contribution in [3.05, 3.63) is 40.8 Å². The van der Waals surface area contributed by atoms with Gasteiger partial charge < -0.3 is 5.32 Å². The molecule has 0 saturated carbocycles. The topological polar surface area (TPSA) is 71.1 Å². The van der Waals surface area contributed by atoms with Gasteiger partial charge in [0.05, 0.1) is 5.69 Å². The van der Waals surface area contributed by atoms with Gasteiger partial charge in [0.25, 0.3) is 0 Å². The average Bonchev–Trinajstić information content (AvgIpc) is 3.00. The van der Waals surface area contributed by atoms with Gasteiger partial charge in [-0.1, -0.05) is 19.9 Å². The first-order valence-corrected chi connectivity index (χ1v) is 8.88. The number of sulfonamides is 1. The number of nitrogens with one attached hydrogen (secondary N) is 2. The van der Waals surface area contributed by atoms with Crippen LogP contribution in [0.2, 0.25) is 0 Å². The van der Waals surface area contributed by atoms with Crippen molar-refractivity contribution in [2.75, 3.05) is 18.9 Å². The molecule has 0 radical (unpaired) electrons. The molecule has 0 aliphatic rings. The Morgan fingerprint density at radius 1 is 1.33 bits per heavy atom. The van der Waals surface area contributed by atoms with Crippen LogP contribution in [0.3, 0.4) is 0 Å². The molecule has 2 aromatic rings. The van der Waals surface area contributed by atoms with Gasteiger partial charge in [0.2, 0.25) is 10.0 Å². The number of nitrogens with zero attached hydrogens (tertiary/aromatic N) is 1. The third-order valence-corrected chi connectivity index (χ3v) is 5.90. The molecule has 0 spiro atoms. The van der Waals surface area contributed by atoms with E-state index in [1.165, 1.54) is 6.20 Å². The zero-order valence-corrected chi connectivity index (χ0v) is 13.9. The Kier molecular flexibility index (Phi) is 4.65. The van der Waals surface area contributed by atoms with E-state index in [0.29, 0.717) is 12.2 Å². The van der Waals surface area contributed by atoms with Gasteiger partial charge in [-0.05, 0) is 17.5 Å². The highest BCUT2D eigenvalue weighted by molar-refractivity contribution is 7.89. The molecule has 0 fully saturated rings. The molecule has 2 heterocycles. The molecule has 0 atom stereocenters. The lowest BCUT2D eigenvalue weighted by atomic mass is 9.92. The van der Waals surface area contributed by atoms with Gasteiger partial charge in [-0.3, -0.25) is 4.98 Å². The summed E-state index contributed by atoms with van der Waals surface area (Å²) >= 11 is 1.62. The second-order valence-corrected chi connectivity index (χ2v) is 7.99. The molecule has 0 unspecified atom stereocenters. The molecular formula is C14H19N3O2S2. The maximum absolute atomic E-state index is 12.4. The van der Waals surface area contributed by atoms with Crippen LogP contribution >= 0.6 is 11.3 Å². The molecule has 0 aliphatic carbocycles. The van der Waals surface area contributed by atoms with Crippen LogP contribution in [0.25, 0.3) is 0 Å². The fraction of sp³-hybridized carbons (Fsp3) is 0.357. The maximum Gasteiger partial charge on any atom is 0.244 e. The van der Waals surface area contributed by atoms with Gasteiger partial charge in [0, 0.05) is 36.3 Å². The number of rotatable bonds is 6. The Morgan fingerprint density at radius 3 is 2.71 bits per heavy atom. The van der Waals surface area contributed by atoms with Crippen LogP contribution in [0, 0.1) is 0 Å².